The van der Waals surface area contributed by atoms with Crippen LogP contribution < -0.4 is 15.1 Å². The molecule has 0 radical (unpaired) electrons. The Morgan fingerprint density at radius 1 is 1.00 bits per heavy atom. The third kappa shape index (κ3) is 5.37. The van der Waals surface area contributed by atoms with Crippen LogP contribution in [-0.4, -0.2) is 69.0 Å². The predicted octanol–water partition coefficient (Wildman–Crippen LogP) is 2.84. The summed E-state index contributed by atoms with van der Waals surface area (Å²) in [6, 6.07) is 14.5. The third-order valence-electron chi connectivity index (χ3n) is 6.41. The lowest BCUT2D eigenvalue weighted by Crippen LogP contribution is -2.47. The van der Waals surface area contributed by atoms with E-state index in [1.54, 1.807) is 12.1 Å². The second-order valence-corrected chi connectivity index (χ2v) is 10.7. The lowest BCUT2D eigenvalue weighted by molar-refractivity contribution is 0.273. The zero-order chi connectivity index (χ0) is 24.4. The molecule has 3 N–H and O–H groups in total. The summed E-state index contributed by atoms with van der Waals surface area (Å²) in [4.78, 5) is 14.7. The van der Waals surface area contributed by atoms with Gasteiger partial charge >= 0.3 is 0 Å². The molecule has 0 bridgehead atoms. The van der Waals surface area contributed by atoms with Gasteiger partial charge in [-0.15, -0.1) is 0 Å². The summed E-state index contributed by atoms with van der Waals surface area (Å²) in [5, 5.41) is 23.6. The fourth-order valence-electron chi connectivity index (χ4n) is 4.51. The molecular formula is C25H28ClN5O3S. The molecule has 3 heterocycles. The molecule has 0 aliphatic carbocycles. The molecule has 1 fully saturated rings. The van der Waals surface area contributed by atoms with E-state index in [0.717, 1.165) is 48.1 Å². The lowest BCUT2D eigenvalue weighted by atomic mass is 10.1. The van der Waals surface area contributed by atoms with Gasteiger partial charge in [0.1, 0.15) is 16.5 Å². The Kier molecular flexibility index (Phi) is 7.08. The van der Waals surface area contributed by atoms with E-state index in [9.17, 15) is 14.4 Å². The molecule has 2 aliphatic heterocycles. The van der Waals surface area contributed by atoms with Crippen LogP contribution >= 0.6 is 11.6 Å². The van der Waals surface area contributed by atoms with Gasteiger partial charge in [-0.3, -0.25) is 4.21 Å². The minimum atomic E-state index is -1.16. The molecule has 0 saturated carbocycles. The maximum Gasteiger partial charge on any atom is 0.227 e. The largest absolute Gasteiger partial charge is 0.508 e. The van der Waals surface area contributed by atoms with Crippen molar-refractivity contribution < 1.29 is 14.4 Å². The van der Waals surface area contributed by atoms with Crippen LogP contribution in [0.2, 0.25) is 5.02 Å². The van der Waals surface area contributed by atoms with E-state index in [0.29, 0.717) is 35.3 Å². The molecule has 1 unspecified atom stereocenters. The van der Waals surface area contributed by atoms with Crippen molar-refractivity contribution in [2.75, 3.05) is 53.7 Å². The van der Waals surface area contributed by atoms with Gasteiger partial charge in [-0.1, -0.05) is 23.7 Å². The van der Waals surface area contributed by atoms with Crippen molar-refractivity contribution in [3.8, 4) is 5.75 Å². The summed E-state index contributed by atoms with van der Waals surface area (Å²) in [6.45, 7) is 3.08. The van der Waals surface area contributed by atoms with Gasteiger partial charge in [0.2, 0.25) is 5.95 Å². The van der Waals surface area contributed by atoms with Crippen molar-refractivity contribution in [2.24, 2.45) is 0 Å². The van der Waals surface area contributed by atoms with Crippen LogP contribution in [0.4, 0.5) is 17.5 Å². The van der Waals surface area contributed by atoms with Crippen LogP contribution in [0.5, 0.6) is 5.75 Å². The number of nitrogens with one attached hydrogen (secondary N) is 1. The Labute approximate surface area is 212 Å². The van der Waals surface area contributed by atoms with E-state index in [1.807, 2.05) is 36.4 Å². The number of fused-ring (bicyclic) bond motifs is 1. The molecule has 1 saturated heterocycles. The fourth-order valence-corrected chi connectivity index (χ4v) is 5.95. The first-order valence-corrected chi connectivity index (χ1v) is 13.4. The van der Waals surface area contributed by atoms with Crippen LogP contribution in [0.25, 0.3) is 0 Å². The molecule has 2 atom stereocenters. The Hall–Kier alpha value is -2.88. The van der Waals surface area contributed by atoms with Gasteiger partial charge in [-0.05, 0) is 48.4 Å². The van der Waals surface area contributed by atoms with Crippen molar-refractivity contribution in [3.63, 3.8) is 0 Å². The average molecular weight is 514 g/mol. The third-order valence-corrected chi connectivity index (χ3v) is 8.12. The van der Waals surface area contributed by atoms with Crippen LogP contribution in [0.1, 0.15) is 11.3 Å². The number of phenolic OH excluding ortho intramolecular Hbond substituents is 1. The number of anilines is 3. The SMILES string of the molecule is O=S1CCc2nc(N3CCN(c4ccc(Cl)cc4)CC3)nc(N[C@@H](CO)Cc3ccc(O)cc3)c21. The van der Waals surface area contributed by atoms with Crippen LogP contribution in [0, 0.1) is 0 Å². The van der Waals surface area contributed by atoms with E-state index in [1.165, 1.54) is 0 Å². The smallest absolute Gasteiger partial charge is 0.227 e. The topological polar surface area (TPSA) is 102 Å². The monoisotopic (exact) mass is 513 g/mol. The molecule has 0 spiro atoms. The van der Waals surface area contributed by atoms with Gasteiger partial charge in [-0.2, -0.15) is 4.98 Å². The summed E-state index contributed by atoms with van der Waals surface area (Å²) >= 11 is 6.03. The number of piperazine rings is 1. The van der Waals surface area contributed by atoms with E-state index >= 15 is 0 Å². The maximum atomic E-state index is 12.7. The Morgan fingerprint density at radius 2 is 1.69 bits per heavy atom. The first-order valence-electron chi connectivity index (χ1n) is 11.7. The van der Waals surface area contributed by atoms with Crippen molar-refractivity contribution in [1.82, 2.24) is 9.97 Å². The molecule has 3 aromatic rings. The highest BCUT2D eigenvalue weighted by molar-refractivity contribution is 7.85. The minimum Gasteiger partial charge on any atom is -0.508 e. The molecule has 1 aromatic heterocycles. The summed E-state index contributed by atoms with van der Waals surface area (Å²) in [7, 11) is -1.16. The molecule has 0 amide bonds. The number of hydrogen-bond acceptors (Lipinski definition) is 8. The Balaban J connectivity index is 1.34. The molecule has 8 nitrogen and oxygen atoms in total. The zero-order valence-corrected chi connectivity index (χ0v) is 20.8. The quantitative estimate of drug-likeness (QED) is 0.443. The second-order valence-electron chi connectivity index (χ2n) is 8.79. The van der Waals surface area contributed by atoms with Crippen molar-refractivity contribution in [3.05, 3.63) is 64.8 Å². The van der Waals surface area contributed by atoms with E-state index in [-0.39, 0.29) is 18.4 Å². The van der Waals surface area contributed by atoms with Gasteiger partial charge < -0.3 is 25.3 Å². The number of aryl methyl sites for hydroxylation is 1. The number of hydrogen-bond donors (Lipinski definition) is 3. The molecule has 10 heteroatoms. The van der Waals surface area contributed by atoms with E-state index in [4.69, 9.17) is 21.6 Å². The number of aromatic hydroxyl groups is 1. The highest BCUT2D eigenvalue weighted by Gasteiger charge is 2.29. The number of phenols is 1. The van der Waals surface area contributed by atoms with Crippen LogP contribution in [0.3, 0.4) is 0 Å². The molecule has 5 rings (SSSR count). The predicted molar refractivity (Wildman–Crippen MR) is 139 cm³/mol. The van der Waals surface area contributed by atoms with E-state index in [2.05, 4.69) is 15.1 Å². The van der Waals surface area contributed by atoms with Crippen molar-refractivity contribution >= 4 is 39.9 Å². The number of nitrogens with zero attached hydrogens (tertiary/aromatic N) is 4. The van der Waals surface area contributed by atoms with E-state index < -0.39 is 10.8 Å². The molecule has 2 aliphatic rings. The standard InChI is InChI=1S/C25H28ClN5O3S/c26-18-3-5-20(6-4-18)30-10-12-31(13-11-30)25-28-22-9-14-35(34)23(22)24(29-25)27-19(16-32)15-17-1-7-21(33)8-2-17/h1-8,19,32-33H,9-16H2,(H,27,28,29)/t19-,35?/m1/s1. The first kappa shape index (κ1) is 23.8. The lowest BCUT2D eigenvalue weighted by Gasteiger charge is -2.36. The number of benzene rings is 2. The van der Waals surface area contributed by atoms with Gasteiger partial charge in [0.15, 0.2) is 0 Å². The van der Waals surface area contributed by atoms with Crippen molar-refractivity contribution in [2.45, 2.75) is 23.8 Å². The molecular weight excluding hydrogens is 486 g/mol. The summed E-state index contributed by atoms with van der Waals surface area (Å²) < 4.78 is 12.7. The highest BCUT2D eigenvalue weighted by atomic mass is 35.5. The molecule has 2 aromatic carbocycles. The van der Waals surface area contributed by atoms with Gasteiger partial charge in [0.05, 0.1) is 29.1 Å². The minimum absolute atomic E-state index is 0.110. The molecule has 35 heavy (non-hydrogen) atoms. The van der Waals surface area contributed by atoms with Crippen LogP contribution in [0.15, 0.2) is 53.4 Å². The first-order chi connectivity index (χ1) is 17.0. The highest BCUT2D eigenvalue weighted by Crippen LogP contribution is 2.31. The number of rotatable bonds is 7. The Bertz CT molecular complexity index is 1200. The number of aliphatic hydroxyl groups is 1. The maximum absolute atomic E-state index is 12.7. The zero-order valence-electron chi connectivity index (χ0n) is 19.2. The Morgan fingerprint density at radius 3 is 2.37 bits per heavy atom. The van der Waals surface area contributed by atoms with Gasteiger partial charge in [0, 0.05) is 49.1 Å². The number of aliphatic hydroxyl groups excluding tert-OH is 1. The summed E-state index contributed by atoms with van der Waals surface area (Å²) in [5.41, 5.74) is 2.93. The second kappa shape index (κ2) is 10.4. The normalized spacial score (nSPS) is 18.4. The van der Waals surface area contributed by atoms with Crippen molar-refractivity contribution in [1.29, 1.82) is 0 Å². The summed E-state index contributed by atoms with van der Waals surface area (Å²) in [5.74, 6) is 1.90. The number of halogens is 1. The number of aromatic nitrogens is 2. The van der Waals surface area contributed by atoms with Gasteiger partial charge in [-0.25, -0.2) is 4.98 Å². The average Bonchev–Trinajstić information content (AvgIpc) is 3.26. The van der Waals surface area contributed by atoms with Crippen LogP contribution in [-0.2, 0) is 23.6 Å². The summed E-state index contributed by atoms with van der Waals surface area (Å²) in [6.07, 6.45) is 1.19. The van der Waals surface area contributed by atoms with Gasteiger partial charge in [0.25, 0.3) is 0 Å². The fraction of sp³-hybridized carbons (Fsp3) is 0.360. The molecule has 184 valence electrons.